The van der Waals surface area contributed by atoms with E-state index in [1.54, 1.807) is 0 Å². The van der Waals surface area contributed by atoms with Crippen molar-refractivity contribution in [1.29, 1.82) is 0 Å². The lowest BCUT2D eigenvalue weighted by atomic mass is 10.8. The van der Waals surface area contributed by atoms with Gasteiger partial charge >= 0.3 is 15.2 Å². The molecule has 0 heterocycles. The molecule has 10 heteroatoms. The van der Waals surface area contributed by atoms with Gasteiger partial charge in [-0.25, -0.2) is 0 Å². The van der Waals surface area contributed by atoms with Crippen LogP contribution in [0.2, 0.25) is 0 Å². The van der Waals surface area contributed by atoms with Crippen LogP contribution in [0.3, 0.4) is 0 Å². The Morgan fingerprint density at radius 3 is 1.33 bits per heavy atom. The van der Waals surface area contributed by atoms with Crippen molar-refractivity contribution in [3.05, 3.63) is 0 Å². The van der Waals surface area contributed by atoms with Crippen molar-refractivity contribution in [3.63, 3.8) is 0 Å². The maximum absolute atomic E-state index is 10.4. The molecule has 7 nitrogen and oxygen atoms in total. The molecule has 0 amide bonds. The summed E-state index contributed by atoms with van der Waals surface area (Å²) in [5.74, 6) is 0. The fourth-order valence-corrected chi connectivity index (χ4v) is 2.08. The van der Waals surface area contributed by atoms with Gasteiger partial charge in [0, 0.05) is 0 Å². The summed E-state index contributed by atoms with van der Waals surface area (Å²) >= 11 is 4.90. The van der Waals surface area contributed by atoms with E-state index in [-0.39, 0.29) is 0 Å². The van der Waals surface area contributed by atoms with Crippen molar-refractivity contribution in [3.8, 4) is 0 Å². The van der Waals surface area contributed by atoms with Crippen LogP contribution in [0.5, 0.6) is 0 Å². The first-order valence-electron chi connectivity index (χ1n) is 2.47. The van der Waals surface area contributed by atoms with Crippen molar-refractivity contribution in [2.45, 2.75) is 4.36 Å². The van der Waals surface area contributed by atoms with Crippen LogP contribution in [-0.2, 0) is 9.13 Å². The second-order valence-electron chi connectivity index (χ2n) is 1.97. The summed E-state index contributed by atoms with van der Waals surface area (Å²) in [6.07, 6.45) is 0. The zero-order valence-electron chi connectivity index (χ0n) is 5.53. The van der Waals surface area contributed by atoms with Crippen molar-refractivity contribution in [2.24, 2.45) is 0 Å². The van der Waals surface area contributed by atoms with Gasteiger partial charge in [0.05, 0.1) is 6.61 Å². The molecule has 0 aromatic rings. The molecule has 0 spiro atoms. The van der Waals surface area contributed by atoms with E-state index in [0.29, 0.717) is 0 Å². The molecule has 74 valence electrons. The van der Waals surface area contributed by atoms with E-state index < -0.39 is 26.2 Å². The highest BCUT2D eigenvalue weighted by atomic mass is 35.5. The highest BCUT2D eigenvalue weighted by Gasteiger charge is 2.59. The van der Waals surface area contributed by atoms with Crippen LogP contribution in [0.1, 0.15) is 0 Å². The Kier molecular flexibility index (Phi) is 3.52. The van der Waals surface area contributed by atoms with Gasteiger partial charge in [-0.2, -0.15) is 0 Å². The summed E-state index contributed by atoms with van der Waals surface area (Å²) in [6.45, 7) is -1.51. The molecule has 0 bridgehead atoms. The van der Waals surface area contributed by atoms with Gasteiger partial charge in [-0.1, -0.05) is 11.6 Å². The van der Waals surface area contributed by atoms with Crippen LogP contribution >= 0.6 is 26.8 Å². The highest BCUT2D eigenvalue weighted by Crippen LogP contribution is 2.70. The molecule has 0 saturated carbocycles. The average Bonchev–Trinajstić information content (AvgIpc) is 1.81. The normalized spacial score (nSPS) is 14.8. The van der Waals surface area contributed by atoms with Gasteiger partial charge in [0.2, 0.25) is 0 Å². The highest BCUT2D eigenvalue weighted by molar-refractivity contribution is 7.75. The van der Waals surface area contributed by atoms with Crippen molar-refractivity contribution < 1.29 is 33.8 Å². The lowest BCUT2D eigenvalue weighted by Crippen LogP contribution is -2.26. The molecule has 0 aliphatic heterocycles. The molecular formula is C2H7ClO7P2. The molecule has 0 aromatic carbocycles. The van der Waals surface area contributed by atoms with E-state index in [9.17, 15) is 9.13 Å². The fraction of sp³-hybridized carbons (Fsp3) is 1.00. The quantitative estimate of drug-likeness (QED) is 0.323. The third-order valence-electron chi connectivity index (χ3n) is 1.09. The maximum atomic E-state index is 10.4. The number of alkyl halides is 1. The molecular weight excluding hydrogens is 233 g/mol. The molecule has 0 aromatic heterocycles. The third-order valence-corrected chi connectivity index (χ3v) is 6.17. The largest absolute Gasteiger partial charge is 0.393 e. The lowest BCUT2D eigenvalue weighted by molar-refractivity contribution is 0.253. The zero-order chi connectivity index (χ0) is 10.2. The minimum atomic E-state index is -5.26. The predicted octanol–water partition coefficient (Wildman–Crippen LogP) is -0.773. The van der Waals surface area contributed by atoms with E-state index in [1.807, 2.05) is 0 Å². The number of rotatable bonds is 3. The van der Waals surface area contributed by atoms with Crippen LogP contribution in [-0.4, -0.2) is 35.6 Å². The first kappa shape index (κ1) is 12.6. The minimum absolute atomic E-state index is 1.51. The smallest absolute Gasteiger partial charge is 0.361 e. The summed E-state index contributed by atoms with van der Waals surface area (Å²) in [7, 11) is -10.5. The number of halogens is 1. The molecule has 0 fully saturated rings. The minimum Gasteiger partial charge on any atom is -0.393 e. The van der Waals surface area contributed by atoms with Gasteiger partial charge in [-0.05, 0) is 0 Å². The monoisotopic (exact) mass is 240 g/mol. The van der Waals surface area contributed by atoms with Crippen molar-refractivity contribution >= 4 is 26.8 Å². The fourth-order valence-electron chi connectivity index (χ4n) is 0.354. The van der Waals surface area contributed by atoms with E-state index >= 15 is 0 Å². The van der Waals surface area contributed by atoms with E-state index in [2.05, 4.69) is 0 Å². The Labute approximate surface area is 72.3 Å². The van der Waals surface area contributed by atoms with Gasteiger partial charge in [0.15, 0.2) is 0 Å². The Bertz CT molecular complexity index is 228. The number of aliphatic hydroxyl groups excluding tert-OH is 1. The van der Waals surface area contributed by atoms with Crippen molar-refractivity contribution in [2.75, 3.05) is 6.61 Å². The molecule has 0 aliphatic rings. The van der Waals surface area contributed by atoms with Crippen LogP contribution in [0.4, 0.5) is 0 Å². The topological polar surface area (TPSA) is 135 Å². The SMILES string of the molecule is O=P(O)(O)C(Cl)(CO)P(=O)(O)O. The first-order valence-corrected chi connectivity index (χ1v) is 6.07. The summed E-state index contributed by atoms with van der Waals surface area (Å²) in [5, 5.41) is 8.34. The lowest BCUT2D eigenvalue weighted by Gasteiger charge is -2.25. The number of hydrogen-bond acceptors (Lipinski definition) is 3. The van der Waals surface area contributed by atoms with E-state index in [1.165, 1.54) is 0 Å². The Balaban J connectivity index is 5.25. The molecule has 0 atom stereocenters. The number of aliphatic hydroxyl groups is 1. The molecule has 0 unspecified atom stereocenters. The van der Waals surface area contributed by atoms with Crippen LogP contribution in [0.15, 0.2) is 0 Å². The zero-order valence-corrected chi connectivity index (χ0v) is 8.08. The van der Waals surface area contributed by atoms with Crippen LogP contribution in [0, 0.1) is 0 Å². The van der Waals surface area contributed by atoms with Gasteiger partial charge in [0.1, 0.15) is 0 Å². The van der Waals surface area contributed by atoms with E-state index in [4.69, 9.17) is 36.3 Å². The molecule has 0 radical (unpaired) electrons. The van der Waals surface area contributed by atoms with Gasteiger partial charge in [0.25, 0.3) is 4.36 Å². The third kappa shape index (κ3) is 2.07. The van der Waals surface area contributed by atoms with Gasteiger partial charge < -0.3 is 24.7 Å². The van der Waals surface area contributed by atoms with E-state index in [0.717, 1.165) is 0 Å². The summed E-state index contributed by atoms with van der Waals surface area (Å²) in [4.78, 5) is 33.6. The summed E-state index contributed by atoms with van der Waals surface area (Å²) < 4.78 is 17.7. The van der Waals surface area contributed by atoms with Gasteiger partial charge in [-0.3, -0.25) is 9.13 Å². The standard InChI is InChI=1S/C2H7ClO7P2/c3-2(1-4,11(5,6)7)12(8,9)10/h4H,1H2,(H2,5,6,7)(H2,8,9,10). The second-order valence-corrected chi connectivity index (χ2v) is 7.19. The van der Waals surface area contributed by atoms with Crippen LogP contribution in [0.25, 0.3) is 0 Å². The maximum Gasteiger partial charge on any atom is 0.361 e. The summed E-state index contributed by atoms with van der Waals surface area (Å²) in [6, 6.07) is 0. The molecule has 0 rings (SSSR count). The second kappa shape index (κ2) is 3.36. The van der Waals surface area contributed by atoms with Crippen molar-refractivity contribution in [1.82, 2.24) is 0 Å². The summed E-state index contributed by atoms with van der Waals surface area (Å²) in [5.41, 5.74) is 0. The average molecular weight is 240 g/mol. The Morgan fingerprint density at radius 2 is 1.33 bits per heavy atom. The number of hydrogen-bond donors (Lipinski definition) is 5. The first-order chi connectivity index (χ1) is 5.06. The molecule has 0 aliphatic carbocycles. The van der Waals surface area contributed by atoms with Gasteiger partial charge in [-0.15, -0.1) is 0 Å². The molecule has 0 saturated heterocycles. The molecule has 12 heavy (non-hydrogen) atoms. The molecule has 5 N–H and O–H groups in total. The Morgan fingerprint density at radius 1 is 1.08 bits per heavy atom. The Hall–Kier alpha value is 0.550. The predicted molar refractivity (Wildman–Crippen MR) is 39.8 cm³/mol. The van der Waals surface area contributed by atoms with Crippen LogP contribution < -0.4 is 0 Å².